The Morgan fingerprint density at radius 1 is 1.15 bits per heavy atom. The Hall–Kier alpha value is -2.01. The molecule has 0 aliphatic rings. The van der Waals surface area contributed by atoms with Gasteiger partial charge in [-0.3, -0.25) is 4.79 Å². The highest BCUT2D eigenvalue weighted by Gasteiger charge is 2.14. The van der Waals surface area contributed by atoms with Crippen molar-refractivity contribution in [3.63, 3.8) is 0 Å². The predicted molar refractivity (Wildman–Crippen MR) is 77.6 cm³/mol. The van der Waals surface area contributed by atoms with E-state index in [9.17, 15) is 15.0 Å². The second kappa shape index (κ2) is 12.0. The molecule has 2 atom stereocenters. The quantitative estimate of drug-likeness (QED) is 0.463. The van der Waals surface area contributed by atoms with E-state index in [0.29, 0.717) is 25.7 Å². The molecule has 0 bridgehead atoms. The fourth-order valence-electron chi connectivity index (χ4n) is 1.41. The molecular weight excluding hydrogens is 256 g/mol. The van der Waals surface area contributed by atoms with Crippen LogP contribution in [0.5, 0.6) is 0 Å². The zero-order valence-electron chi connectivity index (χ0n) is 11.4. The van der Waals surface area contributed by atoms with Gasteiger partial charge in [0, 0.05) is 6.42 Å². The number of unbranched alkanes of at least 4 members (excludes halogenated alkanes) is 1. The van der Waals surface area contributed by atoms with E-state index in [1.54, 1.807) is 12.2 Å². The van der Waals surface area contributed by atoms with Crippen LogP contribution in [-0.2, 0) is 4.79 Å². The average molecular weight is 276 g/mol. The third-order valence-electron chi connectivity index (χ3n) is 2.47. The molecule has 108 valence electrons. The third kappa shape index (κ3) is 11.1. The Kier molecular flexibility index (Phi) is 10.8. The van der Waals surface area contributed by atoms with Gasteiger partial charge in [0.1, 0.15) is 0 Å². The minimum absolute atomic E-state index is 0.0874. The van der Waals surface area contributed by atoms with Crippen LogP contribution in [0.4, 0.5) is 0 Å². The van der Waals surface area contributed by atoms with Crippen molar-refractivity contribution < 1.29 is 20.1 Å². The molecule has 0 saturated carbocycles. The van der Waals surface area contributed by atoms with Gasteiger partial charge < -0.3 is 15.3 Å². The molecule has 0 heterocycles. The second-order valence-electron chi connectivity index (χ2n) is 4.16. The molecule has 0 spiro atoms. The van der Waals surface area contributed by atoms with Crippen molar-refractivity contribution in [2.24, 2.45) is 0 Å². The smallest absolute Gasteiger partial charge is 0.303 e. The normalized spacial score (nSPS) is 12.7. The first-order valence-electron chi connectivity index (χ1n) is 6.42. The number of carboxylic acids is 1. The molecule has 4 nitrogen and oxygen atoms in total. The lowest BCUT2D eigenvalue weighted by molar-refractivity contribution is -0.137. The van der Waals surface area contributed by atoms with E-state index in [-0.39, 0.29) is 6.42 Å². The van der Waals surface area contributed by atoms with Crippen molar-refractivity contribution in [1.29, 1.82) is 0 Å². The molecule has 0 amide bonds. The zero-order chi connectivity index (χ0) is 15.2. The van der Waals surface area contributed by atoms with Crippen molar-refractivity contribution >= 4 is 5.97 Å². The topological polar surface area (TPSA) is 77.8 Å². The molecule has 0 aromatic heterocycles. The van der Waals surface area contributed by atoms with Gasteiger partial charge in [-0.1, -0.05) is 30.9 Å². The molecule has 0 aliphatic heterocycles. The van der Waals surface area contributed by atoms with Gasteiger partial charge in [-0.15, -0.1) is 0 Å². The van der Waals surface area contributed by atoms with E-state index in [1.165, 1.54) is 6.08 Å². The average Bonchev–Trinajstić information content (AvgIpc) is 2.41. The van der Waals surface area contributed by atoms with Crippen molar-refractivity contribution in [3.8, 4) is 23.7 Å². The van der Waals surface area contributed by atoms with Crippen molar-refractivity contribution in [1.82, 2.24) is 0 Å². The molecular formula is C16H20O4. The summed E-state index contributed by atoms with van der Waals surface area (Å²) in [5.41, 5.74) is 0. The summed E-state index contributed by atoms with van der Waals surface area (Å²) >= 11 is 0. The predicted octanol–water partition coefficient (Wildman–Crippen LogP) is 1.49. The fourth-order valence-corrected chi connectivity index (χ4v) is 1.41. The number of allylic oxidation sites excluding steroid dienone is 2. The number of carboxylic acid groups (broad SMARTS) is 1. The van der Waals surface area contributed by atoms with Gasteiger partial charge in [-0.25, -0.2) is 0 Å². The van der Waals surface area contributed by atoms with Crippen LogP contribution in [0.3, 0.4) is 0 Å². The number of hydrogen-bond donors (Lipinski definition) is 3. The Morgan fingerprint density at radius 3 is 2.50 bits per heavy atom. The largest absolute Gasteiger partial charge is 0.481 e. The van der Waals surface area contributed by atoms with E-state index in [2.05, 4.69) is 30.3 Å². The van der Waals surface area contributed by atoms with Gasteiger partial charge in [0.15, 0.2) is 0 Å². The minimum atomic E-state index is -0.864. The summed E-state index contributed by atoms with van der Waals surface area (Å²) in [6.45, 7) is 3.42. The molecule has 4 heteroatoms. The number of aliphatic hydroxyl groups is 2. The van der Waals surface area contributed by atoms with E-state index in [0.717, 1.165) is 0 Å². The van der Waals surface area contributed by atoms with Gasteiger partial charge in [-0.2, -0.15) is 0 Å². The number of aliphatic hydroxyl groups excluding tert-OH is 2. The van der Waals surface area contributed by atoms with Crippen LogP contribution in [-0.4, -0.2) is 33.5 Å². The molecule has 0 aromatic carbocycles. The lowest BCUT2D eigenvalue weighted by atomic mass is 10.0. The van der Waals surface area contributed by atoms with E-state index in [4.69, 9.17) is 5.11 Å². The molecule has 3 N–H and O–H groups in total. The third-order valence-corrected chi connectivity index (χ3v) is 2.47. The Labute approximate surface area is 119 Å². The van der Waals surface area contributed by atoms with Crippen molar-refractivity contribution in [2.45, 2.75) is 44.3 Å². The number of aliphatic carboxylic acids is 1. The standard InChI is InChI=1S/C16H20O4/c1-2-3-4-5-6-7-8-11-14(17)15(18)12-9-10-13-16(19)20/h2,7-8,14-15,17-18H,1,9-13H2,(H,19,20)/b8-7+/t14-,15-/m1/s1. The molecule has 0 aliphatic carbocycles. The lowest BCUT2D eigenvalue weighted by Crippen LogP contribution is -2.25. The van der Waals surface area contributed by atoms with Gasteiger partial charge in [0.05, 0.1) is 12.2 Å². The Bertz CT molecular complexity index is 443. The molecule has 20 heavy (non-hydrogen) atoms. The second-order valence-corrected chi connectivity index (χ2v) is 4.16. The van der Waals surface area contributed by atoms with Crippen LogP contribution >= 0.6 is 0 Å². The van der Waals surface area contributed by atoms with Crippen molar-refractivity contribution in [3.05, 3.63) is 24.8 Å². The zero-order valence-corrected chi connectivity index (χ0v) is 11.4. The fraction of sp³-hybridized carbons (Fsp3) is 0.438. The van der Waals surface area contributed by atoms with Gasteiger partial charge in [-0.05, 0) is 43.3 Å². The molecule has 0 radical (unpaired) electrons. The lowest BCUT2D eigenvalue weighted by Gasteiger charge is -2.15. The number of rotatable bonds is 8. The van der Waals surface area contributed by atoms with Gasteiger partial charge in [0.25, 0.3) is 0 Å². The first-order chi connectivity index (χ1) is 9.57. The maximum absolute atomic E-state index is 10.3. The highest BCUT2D eigenvalue weighted by molar-refractivity contribution is 5.66. The molecule has 0 aromatic rings. The molecule has 0 rings (SSSR count). The SMILES string of the molecule is C=CC#CC#C/C=C/C[C@@H](O)[C@H](O)CCCCC(=O)O. The Balaban J connectivity index is 3.86. The van der Waals surface area contributed by atoms with Crippen LogP contribution in [0.2, 0.25) is 0 Å². The summed E-state index contributed by atoms with van der Waals surface area (Å²) in [6, 6.07) is 0. The molecule has 0 saturated heterocycles. The summed E-state index contributed by atoms with van der Waals surface area (Å²) in [5, 5.41) is 27.8. The summed E-state index contributed by atoms with van der Waals surface area (Å²) in [5.74, 6) is 9.52. The maximum atomic E-state index is 10.3. The highest BCUT2D eigenvalue weighted by Crippen LogP contribution is 2.09. The highest BCUT2D eigenvalue weighted by atomic mass is 16.4. The van der Waals surface area contributed by atoms with Gasteiger partial charge in [0.2, 0.25) is 0 Å². The van der Waals surface area contributed by atoms with Crippen LogP contribution in [0.1, 0.15) is 32.1 Å². The summed E-state index contributed by atoms with van der Waals surface area (Å²) < 4.78 is 0. The summed E-state index contributed by atoms with van der Waals surface area (Å²) in [7, 11) is 0. The van der Waals surface area contributed by atoms with E-state index < -0.39 is 18.2 Å². The number of hydrogen-bond acceptors (Lipinski definition) is 3. The van der Waals surface area contributed by atoms with Crippen LogP contribution in [0.25, 0.3) is 0 Å². The first-order valence-corrected chi connectivity index (χ1v) is 6.42. The molecule has 0 unspecified atom stereocenters. The van der Waals surface area contributed by atoms with Crippen molar-refractivity contribution in [2.75, 3.05) is 0 Å². The maximum Gasteiger partial charge on any atom is 0.303 e. The van der Waals surface area contributed by atoms with E-state index >= 15 is 0 Å². The van der Waals surface area contributed by atoms with Crippen LogP contribution < -0.4 is 0 Å². The van der Waals surface area contributed by atoms with E-state index in [1.807, 2.05) is 0 Å². The summed E-state index contributed by atoms with van der Waals surface area (Å²) in [4.78, 5) is 10.3. The summed E-state index contributed by atoms with van der Waals surface area (Å²) in [6.07, 6.45) is 4.81. The monoisotopic (exact) mass is 276 g/mol. The Morgan fingerprint density at radius 2 is 1.85 bits per heavy atom. The van der Waals surface area contributed by atoms with Gasteiger partial charge >= 0.3 is 5.97 Å². The minimum Gasteiger partial charge on any atom is -0.481 e. The number of carbonyl (C=O) groups is 1. The van der Waals surface area contributed by atoms with Crippen LogP contribution in [0, 0.1) is 23.7 Å². The molecule has 0 fully saturated rings. The first kappa shape index (κ1) is 18.0. The van der Waals surface area contributed by atoms with Crippen LogP contribution in [0.15, 0.2) is 24.8 Å².